The summed E-state index contributed by atoms with van der Waals surface area (Å²) >= 11 is 3.39. The molecule has 1 fully saturated rings. The first-order valence-electron chi connectivity index (χ1n) is 6.23. The summed E-state index contributed by atoms with van der Waals surface area (Å²) in [6.45, 7) is 1.97. The Balaban J connectivity index is 1.80. The molecule has 0 bridgehead atoms. The number of hydrogen-bond donors (Lipinski definition) is 1. The molecular formula is C12H18BrN3O2S. The van der Waals surface area contributed by atoms with Crippen LogP contribution in [0.4, 0.5) is 0 Å². The number of rotatable bonds is 4. The van der Waals surface area contributed by atoms with Gasteiger partial charge in [0.05, 0.1) is 6.26 Å². The fraction of sp³-hybridized carbons (Fsp3) is 0.583. The van der Waals surface area contributed by atoms with Gasteiger partial charge in [0.1, 0.15) is 0 Å². The van der Waals surface area contributed by atoms with E-state index >= 15 is 0 Å². The molecule has 106 valence electrons. The van der Waals surface area contributed by atoms with Crippen LogP contribution in [0.1, 0.15) is 18.4 Å². The summed E-state index contributed by atoms with van der Waals surface area (Å²) in [5, 5.41) is 3.45. The number of sulfonamides is 1. The van der Waals surface area contributed by atoms with E-state index in [1.165, 1.54) is 6.26 Å². The molecule has 1 N–H and O–H groups in total. The van der Waals surface area contributed by atoms with Crippen LogP contribution in [0, 0.1) is 0 Å². The van der Waals surface area contributed by atoms with Gasteiger partial charge in [0.2, 0.25) is 10.0 Å². The molecule has 7 heteroatoms. The number of halogens is 1. The van der Waals surface area contributed by atoms with Crippen molar-refractivity contribution in [3.63, 3.8) is 0 Å². The number of nitrogens with zero attached hydrogens (tertiary/aromatic N) is 2. The van der Waals surface area contributed by atoms with E-state index in [1.54, 1.807) is 10.5 Å². The Morgan fingerprint density at radius 1 is 1.42 bits per heavy atom. The zero-order chi connectivity index (χ0) is 13.9. The van der Waals surface area contributed by atoms with E-state index in [2.05, 4.69) is 26.2 Å². The van der Waals surface area contributed by atoms with Crippen molar-refractivity contribution in [1.29, 1.82) is 0 Å². The molecule has 0 unspecified atom stereocenters. The summed E-state index contributed by atoms with van der Waals surface area (Å²) in [7, 11) is -3.03. The summed E-state index contributed by atoms with van der Waals surface area (Å²) in [4.78, 5) is 4.12. The maximum Gasteiger partial charge on any atom is 0.211 e. The van der Waals surface area contributed by atoms with Crippen molar-refractivity contribution in [2.24, 2.45) is 0 Å². The first-order chi connectivity index (χ1) is 8.95. The SMILES string of the molecule is CS(=O)(=O)N1CCC(NCc2cncc(Br)c2)CC1. The van der Waals surface area contributed by atoms with E-state index in [9.17, 15) is 8.42 Å². The van der Waals surface area contributed by atoms with Gasteiger partial charge in [0.25, 0.3) is 0 Å². The third-order valence-corrected chi connectivity index (χ3v) is 5.02. The molecule has 19 heavy (non-hydrogen) atoms. The number of piperidine rings is 1. The first kappa shape index (κ1) is 14.9. The lowest BCUT2D eigenvalue weighted by molar-refractivity contribution is 0.290. The normalized spacial score (nSPS) is 18.6. The van der Waals surface area contributed by atoms with Crippen LogP contribution in [-0.2, 0) is 16.6 Å². The third-order valence-electron chi connectivity index (χ3n) is 3.28. The van der Waals surface area contributed by atoms with Crippen LogP contribution in [-0.4, -0.2) is 43.1 Å². The van der Waals surface area contributed by atoms with Gasteiger partial charge in [-0.25, -0.2) is 12.7 Å². The molecule has 5 nitrogen and oxygen atoms in total. The summed E-state index contributed by atoms with van der Waals surface area (Å²) in [6, 6.07) is 2.41. The van der Waals surface area contributed by atoms with E-state index in [0.717, 1.165) is 29.4 Å². The van der Waals surface area contributed by atoms with Crippen LogP contribution in [0.3, 0.4) is 0 Å². The summed E-state index contributed by atoms with van der Waals surface area (Å²) in [5.74, 6) is 0. The van der Waals surface area contributed by atoms with Crippen LogP contribution in [0.2, 0.25) is 0 Å². The lowest BCUT2D eigenvalue weighted by atomic mass is 10.1. The van der Waals surface area contributed by atoms with Gasteiger partial charge in [-0.2, -0.15) is 0 Å². The highest BCUT2D eigenvalue weighted by molar-refractivity contribution is 9.10. The highest BCUT2D eigenvalue weighted by atomic mass is 79.9. The van der Waals surface area contributed by atoms with Crippen molar-refractivity contribution in [3.8, 4) is 0 Å². The molecule has 0 aromatic carbocycles. The lowest BCUT2D eigenvalue weighted by Crippen LogP contribution is -2.44. The Bertz CT molecular complexity index is 528. The standard InChI is InChI=1S/C12H18BrN3O2S/c1-19(17,18)16-4-2-12(3-5-16)15-8-10-6-11(13)9-14-7-10/h6-7,9,12,15H,2-5,8H2,1H3. The lowest BCUT2D eigenvalue weighted by Gasteiger charge is -2.30. The van der Waals surface area contributed by atoms with E-state index in [1.807, 2.05) is 12.3 Å². The molecule has 0 aliphatic carbocycles. The number of aromatic nitrogens is 1. The maximum absolute atomic E-state index is 11.4. The highest BCUT2D eigenvalue weighted by Crippen LogP contribution is 2.14. The van der Waals surface area contributed by atoms with E-state index < -0.39 is 10.0 Å². The van der Waals surface area contributed by atoms with Crippen molar-refractivity contribution in [2.45, 2.75) is 25.4 Å². The molecule has 0 atom stereocenters. The molecule has 1 aliphatic rings. The quantitative estimate of drug-likeness (QED) is 0.893. The van der Waals surface area contributed by atoms with Crippen molar-refractivity contribution in [3.05, 3.63) is 28.5 Å². The van der Waals surface area contributed by atoms with Crippen LogP contribution in [0.25, 0.3) is 0 Å². The second kappa shape index (κ2) is 6.30. The molecule has 2 heterocycles. The molecule has 1 aliphatic heterocycles. The molecule has 2 rings (SSSR count). The van der Waals surface area contributed by atoms with Crippen molar-refractivity contribution >= 4 is 26.0 Å². The van der Waals surface area contributed by atoms with Crippen LogP contribution < -0.4 is 5.32 Å². The zero-order valence-corrected chi connectivity index (χ0v) is 13.2. The van der Waals surface area contributed by atoms with Crippen LogP contribution in [0.5, 0.6) is 0 Å². The van der Waals surface area contributed by atoms with Gasteiger partial charge in [-0.05, 0) is 40.4 Å². The Morgan fingerprint density at radius 3 is 2.68 bits per heavy atom. The fourth-order valence-electron chi connectivity index (χ4n) is 2.21. The number of hydrogen-bond acceptors (Lipinski definition) is 4. The van der Waals surface area contributed by atoms with Gasteiger partial charge in [0.15, 0.2) is 0 Å². The predicted molar refractivity (Wildman–Crippen MR) is 78.2 cm³/mol. The van der Waals surface area contributed by atoms with E-state index in [4.69, 9.17) is 0 Å². The Hall–Kier alpha value is -0.500. The van der Waals surface area contributed by atoms with Gasteiger partial charge in [-0.15, -0.1) is 0 Å². The van der Waals surface area contributed by atoms with Gasteiger partial charge >= 0.3 is 0 Å². The minimum absolute atomic E-state index is 0.372. The van der Waals surface area contributed by atoms with Crippen LogP contribution in [0.15, 0.2) is 22.9 Å². The van der Waals surface area contributed by atoms with Gasteiger partial charge in [-0.3, -0.25) is 4.98 Å². The Morgan fingerprint density at radius 2 is 2.11 bits per heavy atom. The largest absolute Gasteiger partial charge is 0.310 e. The second-order valence-electron chi connectivity index (χ2n) is 4.83. The molecule has 0 spiro atoms. The van der Waals surface area contributed by atoms with Gasteiger partial charge < -0.3 is 5.32 Å². The summed E-state index contributed by atoms with van der Waals surface area (Å²) in [5.41, 5.74) is 1.12. The first-order valence-corrected chi connectivity index (χ1v) is 8.87. The zero-order valence-electron chi connectivity index (χ0n) is 10.8. The van der Waals surface area contributed by atoms with Crippen molar-refractivity contribution < 1.29 is 8.42 Å². The minimum atomic E-state index is -3.03. The van der Waals surface area contributed by atoms with Crippen molar-refractivity contribution in [2.75, 3.05) is 19.3 Å². The molecule has 0 saturated carbocycles. The molecule has 0 amide bonds. The van der Waals surface area contributed by atoms with Crippen molar-refractivity contribution in [1.82, 2.24) is 14.6 Å². The third kappa shape index (κ3) is 4.52. The molecule has 1 saturated heterocycles. The molecular weight excluding hydrogens is 330 g/mol. The van der Waals surface area contributed by atoms with E-state index in [-0.39, 0.29) is 0 Å². The topological polar surface area (TPSA) is 62.3 Å². The van der Waals surface area contributed by atoms with Crippen LogP contribution >= 0.6 is 15.9 Å². The molecule has 0 radical (unpaired) electrons. The smallest absolute Gasteiger partial charge is 0.211 e. The minimum Gasteiger partial charge on any atom is -0.310 e. The summed E-state index contributed by atoms with van der Waals surface area (Å²) in [6.07, 6.45) is 6.58. The monoisotopic (exact) mass is 347 g/mol. The Labute approximate surface area is 122 Å². The fourth-order valence-corrected chi connectivity index (χ4v) is 3.49. The number of pyridine rings is 1. The Kier molecular flexibility index (Phi) is 4.94. The second-order valence-corrected chi connectivity index (χ2v) is 7.73. The average molecular weight is 348 g/mol. The van der Waals surface area contributed by atoms with Gasteiger partial charge in [-0.1, -0.05) is 0 Å². The average Bonchev–Trinajstić information content (AvgIpc) is 2.36. The predicted octanol–water partition coefficient (Wildman–Crippen LogP) is 1.36. The molecule has 1 aromatic rings. The number of nitrogens with one attached hydrogen (secondary N) is 1. The highest BCUT2D eigenvalue weighted by Gasteiger charge is 2.24. The summed E-state index contributed by atoms with van der Waals surface area (Å²) < 4.78 is 25.3. The van der Waals surface area contributed by atoms with Gasteiger partial charge in [0, 0.05) is 42.5 Å². The molecule has 1 aromatic heterocycles. The maximum atomic E-state index is 11.4. The van der Waals surface area contributed by atoms with E-state index in [0.29, 0.717) is 19.1 Å².